The summed E-state index contributed by atoms with van der Waals surface area (Å²) < 4.78 is 5.40. The summed E-state index contributed by atoms with van der Waals surface area (Å²) >= 11 is 0. The summed E-state index contributed by atoms with van der Waals surface area (Å²) in [7, 11) is 1.74. The fourth-order valence-corrected chi connectivity index (χ4v) is 2.06. The second kappa shape index (κ2) is 6.50. The molecule has 1 N–H and O–H groups in total. The van der Waals surface area contributed by atoms with E-state index in [1.54, 1.807) is 14.0 Å². The lowest BCUT2D eigenvalue weighted by Gasteiger charge is -2.37. The maximum absolute atomic E-state index is 10.9. The van der Waals surface area contributed by atoms with Gasteiger partial charge in [-0.3, -0.25) is 9.69 Å². The van der Waals surface area contributed by atoms with E-state index < -0.39 is 5.97 Å². The molecular weight excluding hydrogens is 232 g/mol. The van der Waals surface area contributed by atoms with Crippen molar-refractivity contribution >= 4 is 5.97 Å². The highest BCUT2D eigenvalue weighted by molar-refractivity contribution is 5.72. The van der Waals surface area contributed by atoms with Gasteiger partial charge in [-0.1, -0.05) is 0 Å². The van der Waals surface area contributed by atoms with Gasteiger partial charge in [-0.25, -0.2) is 0 Å². The van der Waals surface area contributed by atoms with Gasteiger partial charge in [-0.2, -0.15) is 0 Å². The molecule has 1 fully saturated rings. The molecule has 0 aromatic carbocycles. The minimum Gasteiger partial charge on any atom is -0.480 e. The summed E-state index contributed by atoms with van der Waals surface area (Å²) in [4.78, 5) is 15.3. The van der Waals surface area contributed by atoms with Crippen LogP contribution in [0.5, 0.6) is 0 Å². The number of aliphatic carboxylic acids is 1. The number of nitrogens with zero attached hydrogens (tertiary/aromatic N) is 2. The predicted molar refractivity (Wildman–Crippen MR) is 70.8 cm³/mol. The third-order valence-corrected chi connectivity index (χ3v) is 3.89. The largest absolute Gasteiger partial charge is 0.480 e. The van der Waals surface area contributed by atoms with Crippen molar-refractivity contribution in [3.8, 4) is 0 Å². The number of ether oxygens (including phenoxy) is 1. The SMILES string of the molecule is COC(C)(C)CCN1CCN(C(C)C(=O)O)CC1. The molecule has 0 saturated carbocycles. The molecule has 18 heavy (non-hydrogen) atoms. The van der Waals surface area contributed by atoms with Crippen molar-refractivity contribution in [1.29, 1.82) is 0 Å². The van der Waals surface area contributed by atoms with Crippen molar-refractivity contribution in [3.05, 3.63) is 0 Å². The highest BCUT2D eigenvalue weighted by atomic mass is 16.5. The summed E-state index contributed by atoms with van der Waals surface area (Å²) in [5.74, 6) is -0.732. The quantitative estimate of drug-likeness (QED) is 0.767. The molecule has 0 amide bonds. The standard InChI is InChI=1S/C13H26N2O3/c1-11(12(16)17)15-9-7-14(8-10-15)6-5-13(2,3)18-4/h11H,5-10H2,1-4H3,(H,16,17). The van der Waals surface area contributed by atoms with E-state index >= 15 is 0 Å². The second-order valence-electron chi connectivity index (χ2n) is 5.61. The Kier molecular flexibility index (Phi) is 5.56. The fraction of sp³-hybridized carbons (Fsp3) is 0.923. The zero-order valence-electron chi connectivity index (χ0n) is 12.0. The van der Waals surface area contributed by atoms with Crippen LogP contribution in [0.4, 0.5) is 0 Å². The first-order chi connectivity index (χ1) is 8.35. The highest BCUT2D eigenvalue weighted by Gasteiger charge is 2.26. The van der Waals surface area contributed by atoms with Crippen molar-refractivity contribution in [3.63, 3.8) is 0 Å². The predicted octanol–water partition coefficient (Wildman–Crippen LogP) is 0.892. The zero-order valence-corrected chi connectivity index (χ0v) is 12.0. The Morgan fingerprint density at radius 2 is 1.89 bits per heavy atom. The third kappa shape index (κ3) is 4.55. The fourth-order valence-electron chi connectivity index (χ4n) is 2.06. The Morgan fingerprint density at radius 3 is 2.33 bits per heavy atom. The van der Waals surface area contributed by atoms with E-state index in [-0.39, 0.29) is 11.6 Å². The number of hydrogen-bond donors (Lipinski definition) is 1. The van der Waals surface area contributed by atoms with Gasteiger partial charge < -0.3 is 14.7 Å². The molecule has 0 aromatic rings. The lowest BCUT2D eigenvalue weighted by Crippen LogP contribution is -2.52. The average molecular weight is 258 g/mol. The third-order valence-electron chi connectivity index (χ3n) is 3.89. The van der Waals surface area contributed by atoms with E-state index in [2.05, 4.69) is 18.7 Å². The number of methoxy groups -OCH3 is 1. The molecule has 0 radical (unpaired) electrons. The van der Waals surface area contributed by atoms with Crippen LogP contribution >= 0.6 is 0 Å². The molecule has 1 atom stereocenters. The molecular formula is C13H26N2O3. The Morgan fingerprint density at radius 1 is 1.33 bits per heavy atom. The van der Waals surface area contributed by atoms with Crippen LogP contribution in [0.15, 0.2) is 0 Å². The minimum absolute atomic E-state index is 0.0779. The molecule has 5 heteroatoms. The topological polar surface area (TPSA) is 53.0 Å². The molecule has 1 unspecified atom stereocenters. The number of piperazine rings is 1. The molecule has 0 bridgehead atoms. The number of carboxylic acids is 1. The Balaban J connectivity index is 2.29. The second-order valence-corrected chi connectivity index (χ2v) is 5.61. The van der Waals surface area contributed by atoms with Crippen LogP contribution in [0.1, 0.15) is 27.2 Å². The Bertz CT molecular complexity index is 273. The zero-order chi connectivity index (χ0) is 13.8. The van der Waals surface area contributed by atoms with Crippen molar-refractivity contribution in [1.82, 2.24) is 9.80 Å². The summed E-state index contributed by atoms with van der Waals surface area (Å²) in [6, 6.07) is -0.373. The van der Waals surface area contributed by atoms with Gasteiger partial charge >= 0.3 is 5.97 Å². The van der Waals surface area contributed by atoms with Crippen LogP contribution in [0.2, 0.25) is 0 Å². The van der Waals surface area contributed by atoms with Crippen molar-refractivity contribution in [2.75, 3.05) is 39.8 Å². The van der Waals surface area contributed by atoms with Gasteiger partial charge in [0.1, 0.15) is 6.04 Å². The minimum atomic E-state index is -0.732. The molecule has 1 aliphatic heterocycles. The van der Waals surface area contributed by atoms with Gasteiger partial charge in [0.2, 0.25) is 0 Å². The van der Waals surface area contributed by atoms with E-state index in [0.717, 1.165) is 39.1 Å². The maximum Gasteiger partial charge on any atom is 0.320 e. The number of carboxylic acid groups (broad SMARTS) is 1. The van der Waals surface area contributed by atoms with Crippen LogP contribution in [-0.2, 0) is 9.53 Å². The molecule has 5 nitrogen and oxygen atoms in total. The van der Waals surface area contributed by atoms with Gasteiger partial charge in [0.15, 0.2) is 0 Å². The molecule has 1 aliphatic rings. The average Bonchev–Trinajstić information content (AvgIpc) is 2.36. The number of carbonyl (C=O) groups is 1. The van der Waals surface area contributed by atoms with E-state index in [1.807, 2.05) is 4.90 Å². The molecule has 0 spiro atoms. The lowest BCUT2D eigenvalue weighted by molar-refractivity contribution is -0.143. The van der Waals surface area contributed by atoms with E-state index in [1.165, 1.54) is 0 Å². The summed E-state index contributed by atoms with van der Waals surface area (Å²) in [6.07, 6.45) is 0.998. The van der Waals surface area contributed by atoms with Gasteiger partial charge in [-0.05, 0) is 27.2 Å². The summed E-state index contributed by atoms with van der Waals surface area (Å²) in [5.41, 5.74) is -0.0779. The van der Waals surface area contributed by atoms with E-state index in [0.29, 0.717) is 0 Å². The normalized spacial score (nSPS) is 20.9. The summed E-state index contributed by atoms with van der Waals surface area (Å²) in [6.45, 7) is 10.5. The van der Waals surface area contributed by atoms with Crippen molar-refractivity contribution in [2.45, 2.75) is 38.8 Å². The lowest BCUT2D eigenvalue weighted by atomic mass is 10.0. The van der Waals surface area contributed by atoms with E-state index in [9.17, 15) is 4.79 Å². The van der Waals surface area contributed by atoms with Crippen LogP contribution in [0, 0.1) is 0 Å². The Labute approximate surface area is 110 Å². The van der Waals surface area contributed by atoms with Crippen LogP contribution < -0.4 is 0 Å². The number of rotatable bonds is 6. The number of hydrogen-bond acceptors (Lipinski definition) is 4. The highest BCUT2D eigenvalue weighted by Crippen LogP contribution is 2.15. The molecule has 0 aromatic heterocycles. The monoisotopic (exact) mass is 258 g/mol. The molecule has 1 heterocycles. The molecule has 1 saturated heterocycles. The van der Waals surface area contributed by atoms with Gasteiger partial charge in [0.05, 0.1) is 5.60 Å². The smallest absolute Gasteiger partial charge is 0.320 e. The maximum atomic E-state index is 10.9. The molecule has 1 rings (SSSR count). The van der Waals surface area contributed by atoms with Gasteiger partial charge in [-0.15, -0.1) is 0 Å². The van der Waals surface area contributed by atoms with Crippen molar-refractivity contribution in [2.24, 2.45) is 0 Å². The summed E-state index contributed by atoms with van der Waals surface area (Å²) in [5, 5.41) is 8.97. The molecule has 0 aliphatic carbocycles. The van der Waals surface area contributed by atoms with Crippen molar-refractivity contribution < 1.29 is 14.6 Å². The first-order valence-electron chi connectivity index (χ1n) is 6.60. The van der Waals surface area contributed by atoms with Crippen LogP contribution in [0.3, 0.4) is 0 Å². The van der Waals surface area contributed by atoms with Crippen LogP contribution in [-0.4, -0.2) is 72.4 Å². The van der Waals surface area contributed by atoms with Gasteiger partial charge in [0, 0.05) is 39.8 Å². The first kappa shape index (κ1) is 15.4. The molecule has 106 valence electrons. The Hall–Kier alpha value is -0.650. The van der Waals surface area contributed by atoms with Gasteiger partial charge in [0.25, 0.3) is 0 Å². The first-order valence-corrected chi connectivity index (χ1v) is 6.60. The van der Waals surface area contributed by atoms with Crippen LogP contribution in [0.25, 0.3) is 0 Å². The van der Waals surface area contributed by atoms with E-state index in [4.69, 9.17) is 9.84 Å².